The number of nitrogens with one attached hydrogen (secondary N) is 1. The summed E-state index contributed by atoms with van der Waals surface area (Å²) in [7, 11) is 0. The van der Waals surface area contributed by atoms with Gasteiger partial charge in [0, 0.05) is 16.8 Å². The Morgan fingerprint density at radius 2 is 1.91 bits per heavy atom. The summed E-state index contributed by atoms with van der Waals surface area (Å²) in [6, 6.07) is 10.5. The molecule has 1 aromatic heterocycles. The van der Waals surface area contributed by atoms with Gasteiger partial charge in [-0.3, -0.25) is 0 Å². The Morgan fingerprint density at radius 1 is 1.09 bits per heavy atom. The highest BCUT2D eigenvalue weighted by Gasteiger charge is 2.58. The molecule has 1 heterocycles. The smallest absolute Gasteiger partial charge is 0.183 e. The minimum Gasteiger partial charge on any atom is -0.393 e. The van der Waals surface area contributed by atoms with Crippen LogP contribution in [0.3, 0.4) is 0 Å². The molecular weight excluding hydrogens is 424 g/mol. The van der Waals surface area contributed by atoms with Crippen molar-refractivity contribution in [3.8, 4) is 0 Å². The highest BCUT2D eigenvalue weighted by molar-refractivity contribution is 7.15. The van der Waals surface area contributed by atoms with Crippen molar-refractivity contribution in [3.63, 3.8) is 0 Å². The van der Waals surface area contributed by atoms with Crippen LogP contribution in [0.1, 0.15) is 68.5 Å². The number of nitrogens with zero attached hydrogens (tertiary/aromatic N) is 1. The third-order valence-corrected chi connectivity index (χ3v) is 10.6. The number of benzene rings is 1. The van der Waals surface area contributed by atoms with Crippen molar-refractivity contribution >= 4 is 22.5 Å². The van der Waals surface area contributed by atoms with Gasteiger partial charge < -0.3 is 10.4 Å². The average molecular weight is 461 g/mol. The first kappa shape index (κ1) is 21.6. The number of anilines is 1. The number of aliphatic hydroxyl groups excluding tert-OH is 1. The van der Waals surface area contributed by atoms with Crippen LogP contribution in [0.2, 0.25) is 0 Å². The highest BCUT2D eigenvalue weighted by atomic mass is 32.1. The average Bonchev–Trinajstić information content (AvgIpc) is 3.34. The van der Waals surface area contributed by atoms with Gasteiger partial charge in [0.15, 0.2) is 5.13 Å². The number of hydrogen-bond acceptors (Lipinski definition) is 4. The van der Waals surface area contributed by atoms with Gasteiger partial charge in [-0.2, -0.15) is 0 Å². The lowest BCUT2D eigenvalue weighted by Crippen LogP contribution is -2.51. The van der Waals surface area contributed by atoms with Crippen molar-refractivity contribution in [2.75, 3.05) is 11.9 Å². The van der Waals surface area contributed by atoms with E-state index in [1.165, 1.54) is 41.8 Å². The molecule has 2 N–H and O–H groups in total. The van der Waals surface area contributed by atoms with Crippen LogP contribution in [0.5, 0.6) is 0 Å². The lowest BCUT2D eigenvalue weighted by molar-refractivity contribution is -0.0169. The maximum atomic E-state index is 10.2. The van der Waals surface area contributed by atoms with E-state index >= 15 is 0 Å². The molecule has 0 radical (unpaired) electrons. The first-order valence-electron chi connectivity index (χ1n) is 12.8. The molecular formula is C29H36N2OS. The van der Waals surface area contributed by atoms with Crippen molar-refractivity contribution in [1.82, 2.24) is 4.98 Å². The molecule has 6 atom stereocenters. The van der Waals surface area contributed by atoms with E-state index in [1.54, 1.807) is 5.57 Å². The molecule has 0 saturated heterocycles. The van der Waals surface area contributed by atoms with E-state index in [9.17, 15) is 5.11 Å². The lowest BCUT2D eigenvalue weighted by atomic mass is 9.48. The summed E-state index contributed by atoms with van der Waals surface area (Å²) in [5.74, 6) is 2.26. The minimum atomic E-state index is -0.120. The zero-order valence-electron chi connectivity index (χ0n) is 19.9. The Hall–Kier alpha value is -1.91. The van der Waals surface area contributed by atoms with Gasteiger partial charge in [0.1, 0.15) is 0 Å². The molecule has 4 aliphatic carbocycles. The van der Waals surface area contributed by atoms with Crippen molar-refractivity contribution in [3.05, 3.63) is 64.2 Å². The third kappa shape index (κ3) is 3.52. The summed E-state index contributed by atoms with van der Waals surface area (Å²) in [4.78, 5) is 6.69. The number of aromatic nitrogens is 1. The quantitative estimate of drug-likeness (QED) is 0.505. The molecule has 2 aromatic rings. The van der Waals surface area contributed by atoms with E-state index in [0.717, 1.165) is 48.7 Å². The van der Waals surface area contributed by atoms with Crippen LogP contribution in [0, 0.1) is 23.2 Å². The van der Waals surface area contributed by atoms with E-state index < -0.39 is 0 Å². The van der Waals surface area contributed by atoms with E-state index in [2.05, 4.69) is 67.7 Å². The Morgan fingerprint density at radius 3 is 2.76 bits per heavy atom. The van der Waals surface area contributed by atoms with Crippen LogP contribution in [0.25, 0.3) is 6.08 Å². The number of thiazole rings is 1. The Labute approximate surface area is 202 Å². The SMILES string of the molecule is C[C@]12CC[C@H](O)CC1=CC[C@@H]1[C@@H]2CC[C@]2(C)c3nc(NC/C=C/c4ccccc4)sc3C[C@@H]12. The molecule has 1 aromatic carbocycles. The summed E-state index contributed by atoms with van der Waals surface area (Å²) in [6.45, 7) is 5.83. The van der Waals surface area contributed by atoms with Crippen molar-refractivity contribution < 1.29 is 5.11 Å². The van der Waals surface area contributed by atoms with Crippen LogP contribution >= 0.6 is 11.3 Å². The predicted octanol–water partition coefficient (Wildman–Crippen LogP) is 6.61. The maximum Gasteiger partial charge on any atom is 0.183 e. The molecule has 0 aliphatic heterocycles. The number of aliphatic hydroxyl groups is 1. The van der Waals surface area contributed by atoms with Crippen LogP contribution in [-0.2, 0) is 11.8 Å². The predicted molar refractivity (Wildman–Crippen MR) is 138 cm³/mol. The summed E-state index contributed by atoms with van der Waals surface area (Å²) < 4.78 is 0. The topological polar surface area (TPSA) is 45.2 Å². The first-order chi connectivity index (χ1) is 16.0. The zero-order valence-corrected chi connectivity index (χ0v) is 20.7. The molecule has 4 heteroatoms. The second kappa shape index (κ2) is 8.09. The summed E-state index contributed by atoms with van der Waals surface area (Å²) in [5, 5.41) is 14.9. The fourth-order valence-corrected chi connectivity index (χ4v) is 8.91. The molecule has 4 aliphatic rings. The van der Waals surface area contributed by atoms with Crippen molar-refractivity contribution in [1.29, 1.82) is 0 Å². The molecule has 0 amide bonds. The van der Waals surface area contributed by atoms with Crippen LogP contribution in [0.4, 0.5) is 5.13 Å². The zero-order chi connectivity index (χ0) is 22.6. The van der Waals surface area contributed by atoms with Crippen molar-refractivity contribution in [2.24, 2.45) is 23.2 Å². The summed E-state index contributed by atoms with van der Waals surface area (Å²) in [6.07, 6.45) is 14.8. The minimum absolute atomic E-state index is 0.120. The maximum absolute atomic E-state index is 10.2. The Kier molecular flexibility index (Phi) is 5.30. The molecule has 6 rings (SSSR count). The van der Waals surface area contributed by atoms with Gasteiger partial charge in [0.05, 0.1) is 11.8 Å². The van der Waals surface area contributed by atoms with Crippen LogP contribution in [0.15, 0.2) is 48.1 Å². The number of rotatable bonds is 4. The van der Waals surface area contributed by atoms with E-state index in [4.69, 9.17) is 4.98 Å². The summed E-state index contributed by atoms with van der Waals surface area (Å²) in [5.41, 5.74) is 4.73. The normalized spacial score (nSPS) is 37.1. The molecule has 3 nitrogen and oxygen atoms in total. The molecule has 0 unspecified atom stereocenters. The van der Waals surface area contributed by atoms with Gasteiger partial charge in [-0.1, -0.05) is 68.0 Å². The molecule has 0 bridgehead atoms. The molecule has 174 valence electrons. The van der Waals surface area contributed by atoms with Gasteiger partial charge in [-0.05, 0) is 73.7 Å². The molecule has 2 saturated carbocycles. The summed E-state index contributed by atoms with van der Waals surface area (Å²) >= 11 is 1.89. The van der Waals surface area contributed by atoms with Gasteiger partial charge in [0.25, 0.3) is 0 Å². The monoisotopic (exact) mass is 460 g/mol. The number of hydrogen-bond donors (Lipinski definition) is 2. The third-order valence-electron chi connectivity index (χ3n) is 9.59. The van der Waals surface area contributed by atoms with Crippen LogP contribution in [-0.4, -0.2) is 22.7 Å². The second-order valence-electron chi connectivity index (χ2n) is 11.3. The van der Waals surface area contributed by atoms with Gasteiger partial charge in [-0.25, -0.2) is 4.98 Å². The fraction of sp³-hybridized carbons (Fsp3) is 0.552. The second-order valence-corrected chi connectivity index (χ2v) is 12.4. The molecule has 33 heavy (non-hydrogen) atoms. The van der Waals surface area contributed by atoms with Crippen LogP contribution < -0.4 is 5.32 Å². The fourth-order valence-electron chi connectivity index (χ4n) is 7.75. The number of fused-ring (bicyclic) bond motifs is 7. The first-order valence-corrected chi connectivity index (χ1v) is 13.6. The molecule has 0 spiro atoms. The van der Waals surface area contributed by atoms with E-state index in [-0.39, 0.29) is 11.5 Å². The van der Waals surface area contributed by atoms with Crippen molar-refractivity contribution in [2.45, 2.75) is 70.3 Å². The Bertz CT molecular complexity index is 1090. The van der Waals surface area contributed by atoms with Gasteiger partial charge in [-0.15, -0.1) is 11.3 Å². The van der Waals surface area contributed by atoms with Gasteiger partial charge >= 0.3 is 0 Å². The standard InChI is InChI=1S/C29H36N2OS/c1-28-14-12-21(32)17-20(28)10-11-22-23(28)13-15-29(2)24(22)18-25-26(29)31-27(33-25)30-16-6-9-19-7-4-3-5-8-19/h3-10,21-24,32H,11-18H2,1-2H3,(H,30,31)/b9-6+/t21-,22+,23-,24-,28-,29-/m0/s1. The largest absolute Gasteiger partial charge is 0.393 e. The lowest BCUT2D eigenvalue weighted by Gasteiger charge is -2.57. The Balaban J connectivity index is 1.17. The highest BCUT2D eigenvalue weighted by Crippen LogP contribution is 2.64. The van der Waals surface area contributed by atoms with Gasteiger partial charge in [0.2, 0.25) is 0 Å². The molecule has 2 fully saturated rings. The van der Waals surface area contributed by atoms with E-state index in [0.29, 0.717) is 5.41 Å². The number of allylic oxidation sites excluding steroid dienone is 1. The van der Waals surface area contributed by atoms with E-state index in [1.807, 2.05) is 11.3 Å².